The van der Waals surface area contributed by atoms with E-state index in [-0.39, 0.29) is 0 Å². The van der Waals surface area contributed by atoms with Gasteiger partial charge in [-0.15, -0.1) is 0 Å². The summed E-state index contributed by atoms with van der Waals surface area (Å²) in [6.45, 7) is 4.75. The van der Waals surface area contributed by atoms with Crippen LogP contribution in [0.4, 0.5) is 17.8 Å². The number of rotatable bonds is 7. The molecule has 2 aliphatic heterocycles. The lowest BCUT2D eigenvalue weighted by Gasteiger charge is -2.20. The van der Waals surface area contributed by atoms with Gasteiger partial charge in [-0.2, -0.15) is 20.1 Å². The molecule has 0 bridgehead atoms. The summed E-state index contributed by atoms with van der Waals surface area (Å²) in [5, 5.41) is 8.26. The Morgan fingerprint density at radius 1 is 0.744 bits per heavy atom. The number of benzene rings is 3. The summed E-state index contributed by atoms with van der Waals surface area (Å²) >= 11 is 0. The van der Waals surface area contributed by atoms with Gasteiger partial charge in [-0.1, -0.05) is 54.6 Å². The Hall–Kier alpha value is -4.46. The first-order chi connectivity index (χ1) is 19.3. The molecule has 5 aromatic rings. The largest absolute Gasteiger partial charge is 0.342 e. The van der Waals surface area contributed by atoms with Gasteiger partial charge in [0.2, 0.25) is 17.8 Å². The van der Waals surface area contributed by atoms with Crippen molar-refractivity contribution in [1.29, 1.82) is 0 Å². The zero-order valence-electron chi connectivity index (χ0n) is 22.0. The second kappa shape index (κ2) is 10.4. The predicted molar refractivity (Wildman–Crippen MR) is 159 cm³/mol. The average Bonchev–Trinajstić information content (AvgIpc) is 3.76. The fraction of sp³-hybridized carbons (Fsp3) is 0.290. The normalized spacial score (nSPS) is 15.8. The van der Waals surface area contributed by atoms with Crippen LogP contribution < -0.4 is 15.2 Å². The van der Waals surface area contributed by atoms with Crippen molar-refractivity contribution in [1.82, 2.24) is 19.5 Å². The van der Waals surface area contributed by atoms with Gasteiger partial charge in [-0.05, 0) is 54.2 Å². The summed E-state index contributed by atoms with van der Waals surface area (Å²) in [6, 6.07) is 23.6. The lowest BCUT2D eigenvalue weighted by atomic mass is 10.1. The summed E-state index contributed by atoms with van der Waals surface area (Å²) in [5.41, 5.74) is 6.61. The minimum Gasteiger partial charge on any atom is -0.342 e. The number of para-hydroxylation sites is 1. The average molecular weight is 517 g/mol. The molecule has 0 atom stereocenters. The Labute approximate surface area is 228 Å². The van der Waals surface area contributed by atoms with Crippen molar-refractivity contribution in [3.05, 3.63) is 84.1 Å². The number of nitrogens with one attached hydrogen (secondary N) is 1. The monoisotopic (exact) mass is 516 g/mol. The summed E-state index contributed by atoms with van der Waals surface area (Å²) in [5.74, 6) is 1.98. The molecule has 39 heavy (non-hydrogen) atoms. The van der Waals surface area contributed by atoms with Crippen molar-refractivity contribution in [3.63, 3.8) is 0 Å². The van der Waals surface area contributed by atoms with Crippen LogP contribution in [0.15, 0.2) is 78.0 Å². The van der Waals surface area contributed by atoms with Crippen LogP contribution in [0.3, 0.4) is 0 Å². The highest BCUT2D eigenvalue weighted by molar-refractivity contribution is 5.99. The van der Waals surface area contributed by atoms with Crippen LogP contribution in [-0.2, 0) is 6.54 Å². The van der Waals surface area contributed by atoms with E-state index in [9.17, 15) is 0 Å². The maximum atomic E-state index is 4.80. The number of hydrogen-bond acceptors (Lipinski definition) is 7. The zero-order chi connectivity index (χ0) is 26.0. The van der Waals surface area contributed by atoms with Crippen molar-refractivity contribution in [3.8, 4) is 0 Å². The van der Waals surface area contributed by atoms with Gasteiger partial charge < -0.3 is 14.4 Å². The fourth-order valence-electron chi connectivity index (χ4n) is 5.72. The third-order valence-corrected chi connectivity index (χ3v) is 7.74. The van der Waals surface area contributed by atoms with E-state index in [2.05, 4.69) is 97.8 Å². The van der Waals surface area contributed by atoms with E-state index >= 15 is 0 Å². The molecule has 0 radical (unpaired) electrons. The minimum absolute atomic E-state index is 0.491. The Morgan fingerprint density at radius 2 is 1.41 bits per heavy atom. The summed E-state index contributed by atoms with van der Waals surface area (Å²) in [6.07, 6.45) is 8.74. The van der Waals surface area contributed by atoms with Crippen LogP contribution in [0.5, 0.6) is 0 Å². The molecule has 2 aliphatic rings. The van der Waals surface area contributed by atoms with Crippen molar-refractivity contribution in [2.45, 2.75) is 32.2 Å². The van der Waals surface area contributed by atoms with Crippen molar-refractivity contribution >= 4 is 45.7 Å². The van der Waals surface area contributed by atoms with Crippen molar-refractivity contribution in [2.24, 2.45) is 5.10 Å². The maximum Gasteiger partial charge on any atom is 0.250 e. The van der Waals surface area contributed by atoms with Crippen molar-refractivity contribution < 1.29 is 0 Å². The van der Waals surface area contributed by atoms with Gasteiger partial charge in [-0.3, -0.25) is 0 Å². The number of hydrazone groups is 1. The van der Waals surface area contributed by atoms with E-state index in [1.54, 1.807) is 0 Å². The van der Waals surface area contributed by atoms with E-state index < -0.39 is 0 Å². The van der Waals surface area contributed by atoms with Gasteiger partial charge in [-0.25, -0.2) is 5.43 Å². The molecule has 0 spiro atoms. The standard InChI is InChI=1S/C31H32N8/c1-2-10-25-19-23(13-14-24(25)9-1)21-39-22-26(27-11-3-4-12-28(27)39)20-32-36-29-33-30(37-15-5-6-16-37)35-31(34-29)38-17-7-8-18-38/h1-4,9-14,19-20,22H,5-8,15-18,21H2,(H,33,34,35,36)/b32-20+. The van der Waals surface area contributed by atoms with Crippen LogP contribution in [-0.4, -0.2) is 51.9 Å². The molecule has 0 aliphatic carbocycles. The molecule has 7 rings (SSSR count). The molecule has 0 unspecified atom stereocenters. The third kappa shape index (κ3) is 4.90. The molecular formula is C31H32N8. The van der Waals surface area contributed by atoms with Gasteiger partial charge in [0.25, 0.3) is 0 Å². The van der Waals surface area contributed by atoms with Crippen LogP contribution in [0.2, 0.25) is 0 Å². The summed E-state index contributed by atoms with van der Waals surface area (Å²) in [7, 11) is 0. The number of fused-ring (bicyclic) bond motifs is 2. The van der Waals surface area contributed by atoms with E-state index in [4.69, 9.17) is 15.0 Å². The fourth-order valence-corrected chi connectivity index (χ4v) is 5.72. The van der Waals surface area contributed by atoms with E-state index in [1.807, 2.05) is 6.21 Å². The van der Waals surface area contributed by atoms with E-state index in [0.717, 1.165) is 55.6 Å². The first-order valence-electron chi connectivity index (χ1n) is 13.9. The number of nitrogens with zero attached hydrogens (tertiary/aromatic N) is 7. The van der Waals surface area contributed by atoms with Gasteiger partial charge in [0, 0.05) is 55.4 Å². The molecule has 4 heterocycles. The molecule has 0 saturated carbocycles. The minimum atomic E-state index is 0.491. The van der Waals surface area contributed by atoms with Crippen LogP contribution in [0.1, 0.15) is 36.8 Å². The highest BCUT2D eigenvalue weighted by atomic mass is 15.4. The molecule has 0 amide bonds. The number of hydrogen-bond donors (Lipinski definition) is 1. The van der Waals surface area contributed by atoms with Crippen LogP contribution >= 0.6 is 0 Å². The van der Waals surface area contributed by atoms with E-state index in [0.29, 0.717) is 5.95 Å². The SMILES string of the molecule is C(=N\Nc1nc(N2CCCC2)nc(N2CCCC2)n1)/c1cn(Cc2ccc3ccccc3c2)c2ccccc12. The first-order valence-corrected chi connectivity index (χ1v) is 13.9. The topological polar surface area (TPSA) is 74.5 Å². The molecule has 8 nitrogen and oxygen atoms in total. The van der Waals surface area contributed by atoms with Gasteiger partial charge in [0.1, 0.15) is 0 Å². The first kappa shape index (κ1) is 23.6. The molecule has 8 heteroatoms. The van der Waals surface area contributed by atoms with Crippen LogP contribution in [0.25, 0.3) is 21.7 Å². The molecule has 2 fully saturated rings. The molecule has 1 N–H and O–H groups in total. The smallest absolute Gasteiger partial charge is 0.250 e. The van der Waals surface area contributed by atoms with Gasteiger partial charge in [0.05, 0.1) is 6.21 Å². The molecule has 2 aromatic heterocycles. The third-order valence-electron chi connectivity index (χ3n) is 7.74. The van der Waals surface area contributed by atoms with E-state index in [1.165, 1.54) is 47.5 Å². The Kier molecular flexibility index (Phi) is 6.28. The molecular weight excluding hydrogens is 484 g/mol. The molecule has 196 valence electrons. The highest BCUT2D eigenvalue weighted by Crippen LogP contribution is 2.25. The maximum absolute atomic E-state index is 4.80. The van der Waals surface area contributed by atoms with Crippen molar-refractivity contribution in [2.75, 3.05) is 41.4 Å². The second-order valence-corrected chi connectivity index (χ2v) is 10.4. The highest BCUT2D eigenvalue weighted by Gasteiger charge is 2.21. The lowest BCUT2D eigenvalue weighted by Crippen LogP contribution is -2.25. The Balaban J connectivity index is 1.15. The summed E-state index contributed by atoms with van der Waals surface area (Å²) < 4.78 is 2.29. The number of aromatic nitrogens is 4. The second-order valence-electron chi connectivity index (χ2n) is 10.4. The number of anilines is 3. The van der Waals surface area contributed by atoms with Crippen LogP contribution in [0, 0.1) is 0 Å². The summed E-state index contributed by atoms with van der Waals surface area (Å²) in [4.78, 5) is 18.7. The molecule has 2 saturated heterocycles. The van der Waals surface area contributed by atoms with Gasteiger partial charge in [0.15, 0.2) is 0 Å². The quantitative estimate of drug-likeness (QED) is 0.222. The molecule has 3 aromatic carbocycles. The zero-order valence-corrected chi connectivity index (χ0v) is 22.0. The lowest BCUT2D eigenvalue weighted by molar-refractivity contribution is 0.837. The Bertz CT molecular complexity index is 1610. The predicted octanol–water partition coefficient (Wildman–Crippen LogP) is 5.67. The Morgan fingerprint density at radius 3 is 2.15 bits per heavy atom. The van der Waals surface area contributed by atoms with Gasteiger partial charge >= 0.3 is 0 Å².